The molecule has 1 amide bonds. The van der Waals surface area contributed by atoms with Crippen molar-refractivity contribution in [2.24, 2.45) is 0 Å². The number of halogens is 2. The van der Waals surface area contributed by atoms with Crippen LogP contribution in [-0.4, -0.2) is 32.7 Å². The molecular formula is C21H23BrFN5O. The number of benzene rings is 2. The Balaban J connectivity index is 1.77. The summed E-state index contributed by atoms with van der Waals surface area (Å²) < 4.78 is 15.7. The lowest BCUT2D eigenvalue weighted by molar-refractivity contribution is -0.124. The zero-order valence-electron chi connectivity index (χ0n) is 16.6. The Morgan fingerprint density at radius 1 is 1.24 bits per heavy atom. The number of tetrazole rings is 1. The maximum absolute atomic E-state index is 13.2. The fourth-order valence-corrected chi connectivity index (χ4v) is 3.50. The Morgan fingerprint density at radius 2 is 1.97 bits per heavy atom. The Bertz CT molecular complexity index is 987. The van der Waals surface area contributed by atoms with E-state index >= 15 is 0 Å². The van der Waals surface area contributed by atoms with Gasteiger partial charge in [-0.1, -0.05) is 54.0 Å². The number of hydrogen-bond donors (Lipinski definition) is 1. The van der Waals surface area contributed by atoms with E-state index in [2.05, 4.69) is 50.6 Å². The highest BCUT2D eigenvalue weighted by molar-refractivity contribution is 9.10. The number of nitrogens with one attached hydrogen (secondary N) is 1. The second-order valence-electron chi connectivity index (χ2n) is 7.63. The van der Waals surface area contributed by atoms with E-state index in [1.165, 1.54) is 16.8 Å². The molecule has 1 N–H and O–H groups in total. The van der Waals surface area contributed by atoms with E-state index in [1.54, 1.807) is 19.1 Å². The van der Waals surface area contributed by atoms with E-state index in [1.807, 2.05) is 24.3 Å². The standard InChI is InChI=1S/C21H23BrFN5O/c1-14-25-26-27-28(14)19(11-15-7-9-18(23)10-8-15)20(29)24-13-21(2,3)16-5-4-6-17(22)12-16/h4-10,12,19H,11,13H2,1-3H3,(H,24,29). The van der Waals surface area contributed by atoms with Crippen molar-refractivity contribution in [2.45, 2.75) is 38.6 Å². The highest BCUT2D eigenvalue weighted by Crippen LogP contribution is 2.25. The lowest BCUT2D eigenvalue weighted by Gasteiger charge is -2.27. The maximum atomic E-state index is 13.2. The lowest BCUT2D eigenvalue weighted by atomic mass is 9.84. The van der Waals surface area contributed by atoms with Crippen molar-refractivity contribution < 1.29 is 9.18 Å². The quantitative estimate of drug-likeness (QED) is 0.583. The molecular weight excluding hydrogens is 437 g/mol. The van der Waals surface area contributed by atoms with Crippen molar-refractivity contribution in [3.8, 4) is 0 Å². The highest BCUT2D eigenvalue weighted by Gasteiger charge is 2.27. The van der Waals surface area contributed by atoms with Crippen LogP contribution in [0.2, 0.25) is 0 Å². The minimum Gasteiger partial charge on any atom is -0.353 e. The van der Waals surface area contributed by atoms with Gasteiger partial charge in [0.2, 0.25) is 5.91 Å². The molecule has 0 radical (unpaired) electrons. The Kier molecular flexibility index (Phi) is 6.42. The first-order valence-corrected chi connectivity index (χ1v) is 10.1. The molecule has 0 fully saturated rings. The third-order valence-electron chi connectivity index (χ3n) is 4.91. The van der Waals surface area contributed by atoms with Crippen molar-refractivity contribution in [2.75, 3.05) is 6.54 Å². The molecule has 0 saturated heterocycles. The third-order valence-corrected chi connectivity index (χ3v) is 5.40. The summed E-state index contributed by atoms with van der Waals surface area (Å²) in [5.41, 5.74) is 1.67. The second-order valence-corrected chi connectivity index (χ2v) is 8.54. The Labute approximate surface area is 177 Å². The van der Waals surface area contributed by atoms with Crippen LogP contribution in [0.3, 0.4) is 0 Å². The summed E-state index contributed by atoms with van der Waals surface area (Å²) >= 11 is 3.49. The van der Waals surface area contributed by atoms with Gasteiger partial charge in [-0.2, -0.15) is 0 Å². The molecule has 2 aromatic carbocycles. The van der Waals surface area contributed by atoms with Crippen LogP contribution >= 0.6 is 15.9 Å². The average molecular weight is 460 g/mol. The first kappa shape index (κ1) is 21.1. The molecule has 3 rings (SSSR count). The van der Waals surface area contributed by atoms with Crippen LogP contribution in [0.15, 0.2) is 53.0 Å². The monoisotopic (exact) mass is 459 g/mol. The van der Waals surface area contributed by atoms with Crippen molar-refractivity contribution in [1.29, 1.82) is 0 Å². The number of rotatable bonds is 7. The van der Waals surface area contributed by atoms with Gasteiger partial charge in [0, 0.05) is 22.9 Å². The van der Waals surface area contributed by atoms with Crippen LogP contribution in [-0.2, 0) is 16.6 Å². The Hall–Kier alpha value is -2.61. The van der Waals surface area contributed by atoms with Gasteiger partial charge in [-0.3, -0.25) is 4.79 Å². The number of hydrogen-bond acceptors (Lipinski definition) is 4. The largest absolute Gasteiger partial charge is 0.353 e. The van der Waals surface area contributed by atoms with E-state index in [0.29, 0.717) is 18.8 Å². The Morgan fingerprint density at radius 3 is 2.59 bits per heavy atom. The van der Waals surface area contributed by atoms with E-state index in [4.69, 9.17) is 0 Å². The molecule has 1 heterocycles. The van der Waals surface area contributed by atoms with Crippen molar-refractivity contribution >= 4 is 21.8 Å². The summed E-state index contributed by atoms with van der Waals surface area (Å²) in [4.78, 5) is 13.1. The first-order chi connectivity index (χ1) is 13.8. The molecule has 1 unspecified atom stereocenters. The van der Waals surface area contributed by atoms with Crippen LogP contribution in [0.5, 0.6) is 0 Å². The molecule has 152 valence electrons. The second kappa shape index (κ2) is 8.82. The molecule has 6 nitrogen and oxygen atoms in total. The average Bonchev–Trinajstić information content (AvgIpc) is 3.11. The zero-order chi connectivity index (χ0) is 21.0. The van der Waals surface area contributed by atoms with Crippen molar-refractivity contribution in [3.63, 3.8) is 0 Å². The number of carbonyl (C=O) groups is 1. The maximum Gasteiger partial charge on any atom is 0.245 e. The number of aryl methyl sites for hydroxylation is 1. The molecule has 0 bridgehead atoms. The molecule has 0 aliphatic rings. The van der Waals surface area contributed by atoms with E-state index < -0.39 is 6.04 Å². The highest BCUT2D eigenvalue weighted by atomic mass is 79.9. The summed E-state index contributed by atoms with van der Waals surface area (Å²) in [5, 5.41) is 14.6. The molecule has 3 aromatic rings. The predicted octanol–water partition coefficient (Wildman–Crippen LogP) is 3.76. The SMILES string of the molecule is Cc1nnnn1C(Cc1ccc(F)cc1)C(=O)NCC(C)(C)c1cccc(Br)c1. The molecule has 1 atom stereocenters. The summed E-state index contributed by atoms with van der Waals surface area (Å²) in [5.74, 6) is 0.0374. The molecule has 29 heavy (non-hydrogen) atoms. The van der Waals surface area contributed by atoms with E-state index in [9.17, 15) is 9.18 Å². The minimum absolute atomic E-state index is 0.187. The normalized spacial score (nSPS) is 12.6. The summed E-state index contributed by atoms with van der Waals surface area (Å²) in [7, 11) is 0. The van der Waals surface area contributed by atoms with Gasteiger partial charge in [-0.25, -0.2) is 9.07 Å². The van der Waals surface area contributed by atoms with Crippen LogP contribution < -0.4 is 5.32 Å². The van der Waals surface area contributed by atoms with Crippen LogP contribution in [0.4, 0.5) is 4.39 Å². The van der Waals surface area contributed by atoms with Gasteiger partial charge in [-0.05, 0) is 52.7 Å². The van der Waals surface area contributed by atoms with Crippen LogP contribution in [0, 0.1) is 12.7 Å². The van der Waals surface area contributed by atoms with Gasteiger partial charge in [0.15, 0.2) is 0 Å². The van der Waals surface area contributed by atoms with Gasteiger partial charge < -0.3 is 5.32 Å². The number of nitrogens with zero attached hydrogens (tertiary/aromatic N) is 4. The molecule has 0 aliphatic carbocycles. The van der Waals surface area contributed by atoms with Gasteiger partial charge in [-0.15, -0.1) is 5.10 Å². The molecule has 8 heteroatoms. The molecule has 0 spiro atoms. The van der Waals surface area contributed by atoms with Crippen LogP contribution in [0.25, 0.3) is 0 Å². The fraction of sp³-hybridized carbons (Fsp3) is 0.333. The van der Waals surface area contributed by atoms with E-state index in [0.717, 1.165) is 15.6 Å². The minimum atomic E-state index is -0.631. The van der Waals surface area contributed by atoms with Crippen molar-refractivity contribution in [3.05, 3.63) is 75.8 Å². The number of carbonyl (C=O) groups excluding carboxylic acids is 1. The van der Waals surface area contributed by atoms with Crippen LogP contribution in [0.1, 0.15) is 36.8 Å². The number of aromatic nitrogens is 4. The predicted molar refractivity (Wildman–Crippen MR) is 112 cm³/mol. The van der Waals surface area contributed by atoms with Gasteiger partial charge in [0.1, 0.15) is 17.7 Å². The summed E-state index contributed by atoms with van der Waals surface area (Å²) in [6, 6.07) is 13.5. The summed E-state index contributed by atoms with van der Waals surface area (Å²) in [6.45, 7) is 6.35. The summed E-state index contributed by atoms with van der Waals surface area (Å²) in [6.07, 6.45) is 0.356. The van der Waals surface area contributed by atoms with Gasteiger partial charge >= 0.3 is 0 Å². The van der Waals surface area contributed by atoms with Crippen molar-refractivity contribution in [1.82, 2.24) is 25.5 Å². The molecule has 0 aliphatic heterocycles. The lowest BCUT2D eigenvalue weighted by Crippen LogP contribution is -2.41. The molecule has 1 aromatic heterocycles. The molecule has 0 saturated carbocycles. The first-order valence-electron chi connectivity index (χ1n) is 9.29. The zero-order valence-corrected chi connectivity index (χ0v) is 18.1. The van der Waals surface area contributed by atoms with Gasteiger partial charge in [0.25, 0.3) is 0 Å². The topological polar surface area (TPSA) is 72.7 Å². The fourth-order valence-electron chi connectivity index (χ4n) is 3.10. The third kappa shape index (κ3) is 5.26. The van der Waals surface area contributed by atoms with Gasteiger partial charge in [0.05, 0.1) is 0 Å². The smallest absolute Gasteiger partial charge is 0.245 e. The van der Waals surface area contributed by atoms with E-state index in [-0.39, 0.29) is 17.1 Å². The number of amides is 1.